The van der Waals surface area contributed by atoms with Crippen LogP contribution >= 0.6 is 0 Å². The lowest BCUT2D eigenvalue weighted by molar-refractivity contribution is 1.79. The van der Waals surface area contributed by atoms with E-state index in [0.717, 1.165) is 0 Å². The summed E-state index contributed by atoms with van der Waals surface area (Å²) in [6, 6.07) is 13.2. The molecule has 5 rings (SSSR count). The standard InChI is InChI=1S/C10H6/c1-2-8-6-9-3-4-10(8)5-7(1)9/h1-6H. The summed E-state index contributed by atoms with van der Waals surface area (Å²) in [5.74, 6) is 0. The van der Waals surface area contributed by atoms with Gasteiger partial charge < -0.3 is 0 Å². The van der Waals surface area contributed by atoms with Crippen LogP contribution in [0, 0.1) is 0 Å². The Morgan fingerprint density at radius 3 is 1.00 bits per heavy atom. The van der Waals surface area contributed by atoms with E-state index in [4.69, 9.17) is 0 Å². The quantitative estimate of drug-likeness (QED) is 0.434. The maximum atomic E-state index is 2.24. The van der Waals surface area contributed by atoms with Gasteiger partial charge in [-0.05, 0) is 33.7 Å². The molecule has 0 heteroatoms. The first-order valence-corrected chi connectivity index (χ1v) is 3.48. The first-order chi connectivity index (χ1) is 4.93. The Balaban J connectivity index is 2.91. The van der Waals surface area contributed by atoms with Gasteiger partial charge in [0.1, 0.15) is 0 Å². The second-order valence-corrected chi connectivity index (χ2v) is 2.78. The van der Waals surface area contributed by atoms with E-state index in [9.17, 15) is 0 Å². The molecule has 0 nitrogen and oxygen atoms in total. The molecule has 5 aromatic rings. The van der Waals surface area contributed by atoms with Crippen molar-refractivity contribution in [3.63, 3.8) is 0 Å². The molecule has 4 bridgehead atoms. The SMILES string of the molecule is c1cc2cc3ccc2cc13. The van der Waals surface area contributed by atoms with E-state index in [1.54, 1.807) is 0 Å². The first-order valence-electron chi connectivity index (χ1n) is 3.48. The zero-order valence-electron chi connectivity index (χ0n) is 5.46. The van der Waals surface area contributed by atoms with Crippen LogP contribution < -0.4 is 0 Å². The van der Waals surface area contributed by atoms with Crippen LogP contribution in [0.5, 0.6) is 0 Å². The zero-order valence-corrected chi connectivity index (χ0v) is 5.46. The average Bonchev–Trinajstić information content (AvgIpc) is 2.05. The predicted octanol–water partition coefficient (Wildman–Crippen LogP) is 2.87. The van der Waals surface area contributed by atoms with Gasteiger partial charge in [-0.25, -0.2) is 0 Å². The number of hydrogen-bond acceptors (Lipinski definition) is 0. The molecule has 0 N–H and O–H groups in total. The highest BCUT2D eigenvalue weighted by Gasteiger charge is 2.00. The van der Waals surface area contributed by atoms with Crippen molar-refractivity contribution in [2.75, 3.05) is 0 Å². The lowest BCUT2D eigenvalue weighted by Crippen LogP contribution is -1.79. The third-order valence-electron chi connectivity index (χ3n) is 2.17. The van der Waals surface area contributed by atoms with Crippen LogP contribution in [0.3, 0.4) is 0 Å². The molecule has 0 saturated carbocycles. The molecule has 0 saturated heterocycles. The molecule has 0 amide bonds. The number of hydrogen-bond donors (Lipinski definition) is 0. The second-order valence-electron chi connectivity index (χ2n) is 2.78. The van der Waals surface area contributed by atoms with Gasteiger partial charge in [0.25, 0.3) is 0 Å². The normalized spacial score (nSPS) is 12.0. The number of fused-ring (bicyclic) bond motifs is 2. The third kappa shape index (κ3) is 0.357. The van der Waals surface area contributed by atoms with Crippen LogP contribution in [0.2, 0.25) is 0 Å². The highest BCUT2D eigenvalue weighted by molar-refractivity contribution is 6.03. The van der Waals surface area contributed by atoms with E-state index < -0.39 is 0 Å². The van der Waals surface area contributed by atoms with Crippen LogP contribution in [0.25, 0.3) is 21.5 Å². The maximum absolute atomic E-state index is 2.24. The van der Waals surface area contributed by atoms with Gasteiger partial charge in [-0.1, -0.05) is 24.3 Å². The van der Waals surface area contributed by atoms with Crippen molar-refractivity contribution in [3.8, 4) is 0 Å². The summed E-state index contributed by atoms with van der Waals surface area (Å²) in [5, 5.41) is 5.47. The lowest BCUT2D eigenvalue weighted by Gasteiger charge is -2.06. The highest BCUT2D eigenvalue weighted by atomic mass is 14.0. The van der Waals surface area contributed by atoms with E-state index in [1.807, 2.05) is 0 Å². The zero-order chi connectivity index (χ0) is 6.55. The lowest BCUT2D eigenvalue weighted by atomic mass is 9.99. The Kier molecular flexibility index (Phi) is 0.558. The molecule has 0 spiro atoms. The molecule has 0 aromatic heterocycles. The molecule has 0 radical (unpaired) electrons. The van der Waals surface area contributed by atoms with E-state index in [0.29, 0.717) is 0 Å². The fourth-order valence-corrected chi connectivity index (χ4v) is 1.60. The van der Waals surface area contributed by atoms with Crippen LogP contribution in [0.15, 0.2) is 36.4 Å². The predicted molar refractivity (Wildman–Crippen MR) is 43.8 cm³/mol. The van der Waals surface area contributed by atoms with Crippen molar-refractivity contribution in [1.29, 1.82) is 0 Å². The van der Waals surface area contributed by atoms with Gasteiger partial charge in [0.15, 0.2) is 0 Å². The van der Waals surface area contributed by atoms with Gasteiger partial charge in [-0.2, -0.15) is 0 Å². The largest absolute Gasteiger partial charge is 0.0537 e. The van der Waals surface area contributed by atoms with Crippen LogP contribution in [-0.4, -0.2) is 0 Å². The number of rotatable bonds is 0. The van der Waals surface area contributed by atoms with E-state index in [-0.39, 0.29) is 0 Å². The molecule has 0 aliphatic rings. The van der Waals surface area contributed by atoms with Crippen molar-refractivity contribution in [3.05, 3.63) is 36.4 Å². The Labute approximate surface area is 58.8 Å². The molecule has 5 aromatic carbocycles. The van der Waals surface area contributed by atoms with Gasteiger partial charge in [0.05, 0.1) is 0 Å². The highest BCUT2D eigenvalue weighted by Crippen LogP contribution is 2.27. The molecule has 0 unspecified atom stereocenters. The molecular formula is C10H6. The molecule has 0 aliphatic heterocycles. The maximum Gasteiger partial charge on any atom is -0.0177 e. The van der Waals surface area contributed by atoms with Gasteiger partial charge in [-0.15, -0.1) is 0 Å². The van der Waals surface area contributed by atoms with Crippen LogP contribution in [0.4, 0.5) is 0 Å². The average molecular weight is 126 g/mol. The monoisotopic (exact) mass is 126 g/mol. The molecule has 0 aliphatic carbocycles. The summed E-state index contributed by atoms with van der Waals surface area (Å²) < 4.78 is 0. The smallest absolute Gasteiger partial charge is 0.0177 e. The molecule has 0 fully saturated rings. The van der Waals surface area contributed by atoms with Gasteiger partial charge in [0.2, 0.25) is 0 Å². The Morgan fingerprint density at radius 1 is 0.500 bits per heavy atom. The van der Waals surface area contributed by atoms with Crippen LogP contribution in [-0.2, 0) is 0 Å². The fourth-order valence-electron chi connectivity index (χ4n) is 1.60. The summed E-state index contributed by atoms with van der Waals surface area (Å²) in [7, 11) is 0. The molecule has 46 valence electrons. The van der Waals surface area contributed by atoms with Crippen molar-refractivity contribution < 1.29 is 0 Å². The van der Waals surface area contributed by atoms with Gasteiger partial charge in [-0.3, -0.25) is 0 Å². The van der Waals surface area contributed by atoms with Crippen LogP contribution in [0.1, 0.15) is 0 Å². The first kappa shape index (κ1) is 4.51. The molecule has 0 atom stereocenters. The van der Waals surface area contributed by atoms with Crippen molar-refractivity contribution in [1.82, 2.24) is 0 Å². The molecular weight excluding hydrogens is 120 g/mol. The summed E-state index contributed by atoms with van der Waals surface area (Å²) in [6.45, 7) is 0. The van der Waals surface area contributed by atoms with E-state index >= 15 is 0 Å². The van der Waals surface area contributed by atoms with E-state index in [2.05, 4.69) is 36.4 Å². The Hall–Kier alpha value is -1.30. The summed E-state index contributed by atoms with van der Waals surface area (Å²) in [5.41, 5.74) is 0. The van der Waals surface area contributed by atoms with Crippen molar-refractivity contribution in [2.45, 2.75) is 0 Å². The molecule has 10 heavy (non-hydrogen) atoms. The van der Waals surface area contributed by atoms with E-state index in [1.165, 1.54) is 21.5 Å². The summed E-state index contributed by atoms with van der Waals surface area (Å²) >= 11 is 0. The third-order valence-corrected chi connectivity index (χ3v) is 2.17. The summed E-state index contributed by atoms with van der Waals surface area (Å²) in [6.07, 6.45) is 0. The van der Waals surface area contributed by atoms with Crippen molar-refractivity contribution in [2.24, 2.45) is 0 Å². The van der Waals surface area contributed by atoms with Gasteiger partial charge >= 0.3 is 0 Å². The minimum Gasteiger partial charge on any atom is -0.0537 e. The Morgan fingerprint density at radius 2 is 0.800 bits per heavy atom. The fraction of sp³-hybridized carbons (Fsp3) is 0. The minimum atomic E-state index is 1.37. The second kappa shape index (κ2) is 1.24. The molecule has 0 heterocycles. The van der Waals surface area contributed by atoms with Gasteiger partial charge in [0, 0.05) is 0 Å². The number of benzene rings is 5. The summed E-state index contributed by atoms with van der Waals surface area (Å²) in [4.78, 5) is 0. The topological polar surface area (TPSA) is 0 Å². The minimum absolute atomic E-state index is 1.37. The van der Waals surface area contributed by atoms with Crippen molar-refractivity contribution >= 4 is 21.5 Å². The Bertz CT molecular complexity index is 369.